The average Bonchev–Trinajstić information content (AvgIpc) is 3.74. The summed E-state index contributed by atoms with van der Waals surface area (Å²) in [6.07, 6.45) is -8.11. The molecule has 6 rings (SSSR count). The number of rotatable bonds is 9. The molecule has 7 nitrogen and oxygen atoms in total. The van der Waals surface area contributed by atoms with Crippen molar-refractivity contribution < 1.29 is 44.7 Å². The number of pyridine rings is 2. The van der Waals surface area contributed by atoms with Crippen LogP contribution in [0.2, 0.25) is 10.0 Å². The van der Waals surface area contributed by atoms with Gasteiger partial charge in [0.2, 0.25) is 5.91 Å². The van der Waals surface area contributed by atoms with Gasteiger partial charge in [-0.05, 0) is 47.5 Å². The number of carbonyl (C=O) groups excluding carboxylic acids is 2. The van der Waals surface area contributed by atoms with E-state index in [0.717, 1.165) is 16.2 Å². The second kappa shape index (κ2) is 16.6. The molecule has 290 valence electrons. The maximum atomic E-state index is 13.4. The number of thiophene rings is 2. The van der Waals surface area contributed by atoms with Crippen LogP contribution >= 0.6 is 45.9 Å². The third kappa shape index (κ3) is 10.2. The quantitative estimate of drug-likeness (QED) is 0.136. The van der Waals surface area contributed by atoms with Crippen LogP contribution < -0.4 is 11.1 Å². The van der Waals surface area contributed by atoms with E-state index in [1.54, 1.807) is 22.9 Å². The van der Waals surface area contributed by atoms with Crippen molar-refractivity contribution in [2.24, 2.45) is 0 Å². The van der Waals surface area contributed by atoms with Crippen LogP contribution in [0.3, 0.4) is 0 Å². The molecular weight excluding hydrogens is 825 g/mol. The number of alkyl halides is 6. The number of fused-ring (bicyclic) bond motifs is 2. The summed E-state index contributed by atoms with van der Waals surface area (Å²) in [6.45, 7) is -2.37. The first-order valence-corrected chi connectivity index (χ1v) is 18.2. The van der Waals surface area contributed by atoms with Crippen molar-refractivity contribution in [2.75, 3.05) is 13.6 Å². The second-order valence-electron chi connectivity index (χ2n) is 12.1. The second-order valence-corrected chi connectivity index (χ2v) is 14.7. The van der Waals surface area contributed by atoms with Crippen molar-refractivity contribution in [1.82, 2.24) is 14.0 Å². The monoisotopic (exact) mass is 849 g/mol. The smallest absolute Gasteiger partial charge is 0.335 e. The van der Waals surface area contributed by atoms with E-state index in [1.165, 1.54) is 71.5 Å². The van der Waals surface area contributed by atoms with Gasteiger partial charge in [-0.1, -0.05) is 35.3 Å². The van der Waals surface area contributed by atoms with Crippen LogP contribution in [0, 0.1) is 11.6 Å². The highest BCUT2D eigenvalue weighted by Gasteiger charge is 2.31. The van der Waals surface area contributed by atoms with Gasteiger partial charge in [0.25, 0.3) is 11.1 Å². The van der Waals surface area contributed by atoms with Gasteiger partial charge in [0, 0.05) is 57.1 Å². The van der Waals surface area contributed by atoms with Gasteiger partial charge in [-0.25, -0.2) is 8.78 Å². The maximum absolute atomic E-state index is 13.4. The Morgan fingerprint density at radius 3 is 1.58 bits per heavy atom. The number of aromatic nitrogens is 2. The molecule has 1 amide bonds. The minimum Gasteiger partial charge on any atom is -0.335 e. The number of Topliss-reactive ketones (excluding diaryl/α,β-unsaturated/α-hetero) is 1. The average molecular weight is 851 g/mol. The van der Waals surface area contributed by atoms with Crippen molar-refractivity contribution >= 4 is 77.7 Å². The third-order valence-electron chi connectivity index (χ3n) is 8.04. The molecule has 0 atom stereocenters. The van der Waals surface area contributed by atoms with Crippen LogP contribution in [0.1, 0.15) is 12.8 Å². The van der Waals surface area contributed by atoms with E-state index in [-0.39, 0.29) is 10.0 Å². The lowest BCUT2D eigenvalue weighted by molar-refractivity contribution is -0.158. The molecule has 0 radical (unpaired) electrons. The lowest BCUT2D eigenvalue weighted by Gasteiger charge is -2.19. The fourth-order valence-electron chi connectivity index (χ4n) is 5.35. The molecule has 0 N–H and O–H groups in total. The van der Waals surface area contributed by atoms with Crippen LogP contribution in [0.15, 0.2) is 81.3 Å². The Labute approximate surface area is 323 Å². The van der Waals surface area contributed by atoms with Gasteiger partial charge in [0.15, 0.2) is 5.78 Å². The Bertz CT molecular complexity index is 2530. The van der Waals surface area contributed by atoms with Crippen LogP contribution in [-0.2, 0) is 22.7 Å². The first-order chi connectivity index (χ1) is 25.7. The SMILES string of the molecule is CN(CC(F)(F)F)C(=O)Cn1ccc2scc(-c3ccc(F)c(Cl)c3)c2c1=O.O=C(CCC(F)(F)F)Cn1ccc2scc(-c3ccc(F)c(Cl)c3)c2c1=O. The number of benzene rings is 2. The Balaban J connectivity index is 0.000000211. The lowest BCUT2D eigenvalue weighted by atomic mass is 10.1. The first kappa shape index (κ1) is 41.6. The summed E-state index contributed by atoms with van der Waals surface area (Å²) >= 11 is 14.2. The Morgan fingerprint density at radius 1 is 0.709 bits per heavy atom. The number of ketones is 1. The van der Waals surface area contributed by atoms with Gasteiger partial charge in [0.05, 0.1) is 33.8 Å². The summed E-state index contributed by atoms with van der Waals surface area (Å²) in [5, 5.41) is 3.83. The number of hydrogen-bond donors (Lipinski definition) is 0. The minimum atomic E-state index is -4.53. The zero-order chi connectivity index (χ0) is 40.4. The normalized spacial score (nSPS) is 11.8. The molecule has 0 fully saturated rings. The predicted molar refractivity (Wildman–Crippen MR) is 197 cm³/mol. The van der Waals surface area contributed by atoms with Crippen molar-refractivity contribution in [3.05, 3.63) is 114 Å². The highest BCUT2D eigenvalue weighted by molar-refractivity contribution is 7.18. The summed E-state index contributed by atoms with van der Waals surface area (Å²) in [6, 6.07) is 11.3. The van der Waals surface area contributed by atoms with Crippen molar-refractivity contribution in [3.8, 4) is 22.3 Å². The molecule has 0 aliphatic heterocycles. The molecule has 4 heterocycles. The fourth-order valence-corrected chi connectivity index (χ4v) is 7.61. The van der Waals surface area contributed by atoms with E-state index in [0.29, 0.717) is 47.3 Å². The van der Waals surface area contributed by atoms with Crippen molar-refractivity contribution in [2.45, 2.75) is 38.3 Å². The van der Waals surface area contributed by atoms with Crippen LogP contribution in [0.4, 0.5) is 35.1 Å². The first-order valence-electron chi connectivity index (χ1n) is 15.7. The molecule has 0 spiro atoms. The molecule has 55 heavy (non-hydrogen) atoms. The zero-order valence-corrected chi connectivity index (χ0v) is 31.2. The summed E-state index contributed by atoms with van der Waals surface area (Å²) in [4.78, 5) is 50.0. The number of nitrogens with zero attached hydrogens (tertiary/aromatic N) is 3. The Kier molecular flexibility index (Phi) is 12.6. The molecule has 0 bridgehead atoms. The summed E-state index contributed by atoms with van der Waals surface area (Å²) in [7, 11) is 1.02. The third-order valence-corrected chi connectivity index (χ3v) is 10.5. The molecule has 0 saturated heterocycles. The molecular formula is C36H25Cl2F8N3O4S2. The Hall–Kier alpha value is -4.58. The Morgan fingerprint density at radius 2 is 1.16 bits per heavy atom. The van der Waals surface area contributed by atoms with Crippen molar-refractivity contribution in [3.63, 3.8) is 0 Å². The number of halogens is 10. The molecule has 2 aromatic carbocycles. The number of carbonyl (C=O) groups is 2. The van der Waals surface area contributed by atoms with Crippen molar-refractivity contribution in [1.29, 1.82) is 0 Å². The predicted octanol–water partition coefficient (Wildman–Crippen LogP) is 9.98. The zero-order valence-electron chi connectivity index (χ0n) is 28.0. The minimum absolute atomic E-state index is 0.0922. The molecule has 0 aliphatic rings. The van der Waals surface area contributed by atoms with E-state index >= 15 is 0 Å². The fraction of sp³-hybridized carbons (Fsp3) is 0.222. The molecule has 4 aromatic heterocycles. The molecule has 0 unspecified atom stereocenters. The standard InChI is InChI=1S/C18H13ClF4N2O2S.C18H12ClF4NO2S/c1-24(9-18(21,22)23)15(26)7-25-5-4-14-16(17(25)27)11(8-28-14)10-2-3-13(20)12(19)6-10;19-13-7-10(1-2-14(13)20)12-9-27-15-4-6-24(17(26)16(12)15)8-11(25)3-5-18(21,22)23/h2-6,8H,7,9H2,1H3;1-2,4,6-7,9H,3,5,8H2. The van der Waals surface area contributed by atoms with Gasteiger partial charge in [-0.15, -0.1) is 22.7 Å². The summed E-state index contributed by atoms with van der Waals surface area (Å²) < 4.78 is 104. The van der Waals surface area contributed by atoms with E-state index in [9.17, 15) is 54.3 Å². The highest BCUT2D eigenvalue weighted by Crippen LogP contribution is 2.35. The van der Waals surface area contributed by atoms with E-state index in [1.807, 2.05) is 0 Å². The van der Waals surface area contributed by atoms with Gasteiger partial charge < -0.3 is 14.0 Å². The van der Waals surface area contributed by atoms with Crippen LogP contribution in [-0.4, -0.2) is 51.7 Å². The van der Waals surface area contributed by atoms with E-state index in [4.69, 9.17) is 23.2 Å². The van der Waals surface area contributed by atoms with Gasteiger partial charge >= 0.3 is 12.4 Å². The molecule has 0 saturated carbocycles. The number of hydrogen-bond acceptors (Lipinski definition) is 6. The van der Waals surface area contributed by atoms with Gasteiger partial charge in [-0.3, -0.25) is 19.2 Å². The van der Waals surface area contributed by atoms with Crippen LogP contribution in [0.5, 0.6) is 0 Å². The summed E-state index contributed by atoms with van der Waals surface area (Å²) in [5.41, 5.74) is 1.07. The van der Waals surface area contributed by atoms with Crippen LogP contribution in [0.25, 0.3) is 42.4 Å². The van der Waals surface area contributed by atoms with Gasteiger partial charge in [-0.2, -0.15) is 26.3 Å². The molecule has 19 heteroatoms. The number of likely N-dealkylation sites (N-methyl/N-ethyl adjacent to an activating group) is 1. The maximum Gasteiger partial charge on any atom is 0.406 e. The topological polar surface area (TPSA) is 81.4 Å². The summed E-state index contributed by atoms with van der Waals surface area (Å²) in [5.74, 6) is -2.72. The molecule has 6 aromatic rings. The van der Waals surface area contributed by atoms with E-state index < -0.39 is 79.3 Å². The highest BCUT2D eigenvalue weighted by atomic mass is 35.5. The van der Waals surface area contributed by atoms with Gasteiger partial charge in [0.1, 0.15) is 24.7 Å². The molecule has 0 aliphatic carbocycles. The number of amides is 1. The largest absolute Gasteiger partial charge is 0.406 e. The lowest BCUT2D eigenvalue weighted by Crippen LogP contribution is -2.39. The van der Waals surface area contributed by atoms with E-state index in [2.05, 4.69) is 0 Å².